The molecule has 0 amide bonds. The standard InChI is InChI=1S/C18H18O5/c1-21-13-6-7-14(17(11-13)22-2)15(19)8-4-12-5-9-16(20)18(10-12)23-3/h4-11,20H,1-3H3/b8-4+. The third-order valence-corrected chi connectivity index (χ3v) is 3.31. The zero-order valence-electron chi connectivity index (χ0n) is 13.2. The Balaban J connectivity index is 2.25. The van der Waals surface area contributed by atoms with Gasteiger partial charge >= 0.3 is 0 Å². The van der Waals surface area contributed by atoms with E-state index in [4.69, 9.17) is 14.2 Å². The number of ether oxygens (including phenoxy) is 3. The minimum absolute atomic E-state index is 0.0489. The zero-order chi connectivity index (χ0) is 16.8. The lowest BCUT2D eigenvalue weighted by Gasteiger charge is -2.08. The van der Waals surface area contributed by atoms with E-state index in [0.717, 1.165) is 5.56 Å². The summed E-state index contributed by atoms with van der Waals surface area (Å²) in [6.07, 6.45) is 3.09. The van der Waals surface area contributed by atoms with E-state index in [-0.39, 0.29) is 11.5 Å². The number of hydrogen-bond acceptors (Lipinski definition) is 5. The molecule has 1 N–H and O–H groups in total. The largest absolute Gasteiger partial charge is 0.504 e. The van der Waals surface area contributed by atoms with Crippen LogP contribution in [0.3, 0.4) is 0 Å². The molecule has 0 radical (unpaired) electrons. The van der Waals surface area contributed by atoms with Crippen LogP contribution in [0.15, 0.2) is 42.5 Å². The fraction of sp³-hybridized carbons (Fsp3) is 0.167. The van der Waals surface area contributed by atoms with Gasteiger partial charge in [-0.15, -0.1) is 0 Å². The van der Waals surface area contributed by atoms with E-state index in [1.807, 2.05) is 0 Å². The monoisotopic (exact) mass is 314 g/mol. The summed E-state index contributed by atoms with van der Waals surface area (Å²) in [6.45, 7) is 0. The number of methoxy groups -OCH3 is 3. The van der Waals surface area contributed by atoms with Crippen LogP contribution in [-0.4, -0.2) is 32.2 Å². The SMILES string of the molecule is COc1ccc(C(=O)/C=C/c2ccc(O)c(OC)c2)c(OC)c1. The second-order valence-corrected chi connectivity index (χ2v) is 4.70. The first kappa shape index (κ1) is 16.4. The molecule has 0 aromatic heterocycles. The predicted molar refractivity (Wildman–Crippen MR) is 87.6 cm³/mol. The first-order valence-electron chi connectivity index (χ1n) is 6.90. The molecule has 23 heavy (non-hydrogen) atoms. The van der Waals surface area contributed by atoms with Crippen LogP contribution in [0, 0.1) is 0 Å². The number of carbonyl (C=O) groups excluding carboxylic acids is 1. The van der Waals surface area contributed by atoms with E-state index in [1.54, 1.807) is 43.5 Å². The predicted octanol–water partition coefficient (Wildman–Crippen LogP) is 3.31. The number of hydrogen-bond donors (Lipinski definition) is 1. The Hall–Kier alpha value is -2.95. The smallest absolute Gasteiger partial charge is 0.189 e. The quantitative estimate of drug-likeness (QED) is 0.654. The second-order valence-electron chi connectivity index (χ2n) is 4.70. The van der Waals surface area contributed by atoms with Crippen molar-refractivity contribution in [2.45, 2.75) is 0 Å². The number of phenolic OH excluding ortho intramolecular Hbond substituents is 1. The number of ketones is 1. The van der Waals surface area contributed by atoms with Gasteiger partial charge in [0.1, 0.15) is 11.5 Å². The second kappa shape index (κ2) is 7.35. The molecule has 0 unspecified atom stereocenters. The molecule has 5 nitrogen and oxygen atoms in total. The Morgan fingerprint density at radius 3 is 2.35 bits per heavy atom. The van der Waals surface area contributed by atoms with Gasteiger partial charge in [-0.05, 0) is 35.9 Å². The Bertz CT molecular complexity index is 734. The molecular weight excluding hydrogens is 296 g/mol. The molecule has 120 valence electrons. The molecule has 0 saturated carbocycles. The van der Waals surface area contributed by atoms with E-state index < -0.39 is 0 Å². The van der Waals surface area contributed by atoms with Crippen molar-refractivity contribution in [3.8, 4) is 23.0 Å². The molecule has 2 aromatic rings. The van der Waals surface area contributed by atoms with E-state index in [1.165, 1.54) is 26.4 Å². The Morgan fingerprint density at radius 2 is 1.70 bits per heavy atom. The van der Waals surface area contributed by atoms with E-state index in [0.29, 0.717) is 22.8 Å². The van der Waals surface area contributed by atoms with Gasteiger partial charge in [-0.25, -0.2) is 0 Å². The average molecular weight is 314 g/mol. The van der Waals surface area contributed by atoms with Crippen LogP contribution >= 0.6 is 0 Å². The third-order valence-electron chi connectivity index (χ3n) is 3.31. The number of phenols is 1. The Kier molecular flexibility index (Phi) is 5.25. The molecule has 0 saturated heterocycles. The molecule has 0 aliphatic heterocycles. The van der Waals surface area contributed by atoms with Gasteiger partial charge in [-0.2, -0.15) is 0 Å². The molecule has 0 spiro atoms. The Labute approximate surface area is 134 Å². The zero-order valence-corrected chi connectivity index (χ0v) is 13.2. The topological polar surface area (TPSA) is 65.0 Å². The van der Waals surface area contributed by atoms with Crippen molar-refractivity contribution in [2.75, 3.05) is 21.3 Å². The highest BCUT2D eigenvalue weighted by atomic mass is 16.5. The maximum atomic E-state index is 12.3. The molecule has 5 heteroatoms. The summed E-state index contributed by atoms with van der Waals surface area (Å²) in [5.74, 6) is 1.26. The van der Waals surface area contributed by atoms with Gasteiger partial charge in [0.05, 0.1) is 26.9 Å². The third kappa shape index (κ3) is 3.83. The van der Waals surface area contributed by atoms with Crippen molar-refractivity contribution in [3.63, 3.8) is 0 Å². The molecule has 0 atom stereocenters. The fourth-order valence-corrected chi connectivity index (χ4v) is 2.06. The molecule has 0 bridgehead atoms. The van der Waals surface area contributed by atoms with Crippen molar-refractivity contribution in [1.29, 1.82) is 0 Å². The fourth-order valence-electron chi connectivity index (χ4n) is 2.06. The first-order chi connectivity index (χ1) is 11.1. The number of rotatable bonds is 6. The van der Waals surface area contributed by atoms with Crippen LogP contribution in [-0.2, 0) is 0 Å². The Morgan fingerprint density at radius 1 is 0.957 bits per heavy atom. The van der Waals surface area contributed by atoms with Crippen LogP contribution < -0.4 is 14.2 Å². The van der Waals surface area contributed by atoms with E-state index >= 15 is 0 Å². The van der Waals surface area contributed by atoms with Gasteiger partial charge < -0.3 is 19.3 Å². The molecule has 0 fully saturated rings. The average Bonchev–Trinajstić information content (AvgIpc) is 2.60. The summed E-state index contributed by atoms with van der Waals surface area (Å²) in [6, 6.07) is 9.85. The number of allylic oxidation sites excluding steroid dienone is 1. The van der Waals surface area contributed by atoms with Crippen LogP contribution in [0.4, 0.5) is 0 Å². The van der Waals surface area contributed by atoms with Crippen LogP contribution in [0.5, 0.6) is 23.0 Å². The van der Waals surface area contributed by atoms with E-state index in [9.17, 15) is 9.90 Å². The van der Waals surface area contributed by atoms with Gasteiger partial charge in [0.2, 0.25) is 0 Å². The normalized spacial score (nSPS) is 10.6. The first-order valence-corrected chi connectivity index (χ1v) is 6.90. The highest BCUT2D eigenvalue weighted by Crippen LogP contribution is 2.28. The molecule has 0 heterocycles. The van der Waals surface area contributed by atoms with Gasteiger partial charge in [-0.3, -0.25) is 4.79 Å². The van der Waals surface area contributed by atoms with Crippen molar-refractivity contribution in [3.05, 3.63) is 53.6 Å². The summed E-state index contributed by atoms with van der Waals surface area (Å²) in [5, 5.41) is 9.56. The molecule has 0 aliphatic carbocycles. The van der Waals surface area contributed by atoms with Gasteiger partial charge in [0.15, 0.2) is 17.3 Å². The number of aromatic hydroxyl groups is 1. The van der Waals surface area contributed by atoms with Crippen LogP contribution in [0.1, 0.15) is 15.9 Å². The maximum Gasteiger partial charge on any atom is 0.189 e. The lowest BCUT2D eigenvalue weighted by atomic mass is 10.1. The van der Waals surface area contributed by atoms with Gasteiger partial charge in [-0.1, -0.05) is 12.1 Å². The maximum absolute atomic E-state index is 12.3. The summed E-state index contributed by atoms with van der Waals surface area (Å²) in [7, 11) is 4.52. The van der Waals surface area contributed by atoms with Crippen molar-refractivity contribution in [1.82, 2.24) is 0 Å². The summed E-state index contributed by atoms with van der Waals surface area (Å²) >= 11 is 0. The van der Waals surface area contributed by atoms with Crippen molar-refractivity contribution in [2.24, 2.45) is 0 Å². The highest BCUT2D eigenvalue weighted by molar-refractivity contribution is 6.08. The lowest BCUT2D eigenvalue weighted by Crippen LogP contribution is -1.99. The van der Waals surface area contributed by atoms with Gasteiger partial charge in [0.25, 0.3) is 0 Å². The molecule has 0 aliphatic rings. The van der Waals surface area contributed by atoms with Crippen LogP contribution in [0.2, 0.25) is 0 Å². The van der Waals surface area contributed by atoms with Crippen molar-refractivity contribution < 1.29 is 24.1 Å². The van der Waals surface area contributed by atoms with E-state index in [2.05, 4.69) is 0 Å². The summed E-state index contributed by atoms with van der Waals surface area (Å²) in [4.78, 5) is 12.3. The number of carbonyl (C=O) groups is 1. The minimum atomic E-state index is -0.198. The molecular formula is C18H18O5. The van der Waals surface area contributed by atoms with Crippen LogP contribution in [0.25, 0.3) is 6.08 Å². The molecule has 2 aromatic carbocycles. The number of benzene rings is 2. The summed E-state index contributed by atoms with van der Waals surface area (Å²) < 4.78 is 15.4. The van der Waals surface area contributed by atoms with Gasteiger partial charge in [0, 0.05) is 6.07 Å². The lowest BCUT2D eigenvalue weighted by molar-refractivity contribution is 0.104. The molecule has 2 rings (SSSR count). The summed E-state index contributed by atoms with van der Waals surface area (Å²) in [5.41, 5.74) is 1.18. The highest BCUT2D eigenvalue weighted by Gasteiger charge is 2.11. The minimum Gasteiger partial charge on any atom is -0.504 e. The van der Waals surface area contributed by atoms with Crippen molar-refractivity contribution >= 4 is 11.9 Å².